The monoisotopic (exact) mass is 296 g/mol. The first-order valence-electron chi connectivity index (χ1n) is 8.97. The smallest absolute Gasteiger partial charge is 0.0692 e. The molecule has 2 rings (SSSR count). The molecule has 0 radical (unpaired) electrons. The van der Waals surface area contributed by atoms with E-state index < -0.39 is 0 Å². The van der Waals surface area contributed by atoms with E-state index in [1.165, 1.54) is 12.8 Å². The van der Waals surface area contributed by atoms with E-state index in [-0.39, 0.29) is 11.1 Å². The van der Waals surface area contributed by atoms with Crippen molar-refractivity contribution in [3.05, 3.63) is 0 Å². The number of hydrogen-bond donors (Lipinski definition) is 1. The lowest BCUT2D eigenvalue weighted by atomic mass is 9.82. The first kappa shape index (κ1) is 17.2. The lowest BCUT2D eigenvalue weighted by Gasteiger charge is -2.53. The van der Waals surface area contributed by atoms with Gasteiger partial charge in [0, 0.05) is 37.3 Å². The van der Waals surface area contributed by atoms with E-state index >= 15 is 0 Å². The summed E-state index contributed by atoms with van der Waals surface area (Å²) >= 11 is 0. The van der Waals surface area contributed by atoms with E-state index in [9.17, 15) is 0 Å². The van der Waals surface area contributed by atoms with Crippen LogP contribution in [0.3, 0.4) is 0 Å². The third-order valence-electron chi connectivity index (χ3n) is 5.79. The fraction of sp³-hybridized carbons (Fsp3) is 1.00. The molecule has 0 aliphatic carbocycles. The van der Waals surface area contributed by atoms with Crippen LogP contribution in [-0.4, -0.2) is 47.8 Å². The number of nitrogens with zero attached hydrogens (tertiary/aromatic N) is 1. The largest absolute Gasteiger partial charge is 0.375 e. The summed E-state index contributed by atoms with van der Waals surface area (Å²) in [6.45, 7) is 17.2. The molecule has 2 heterocycles. The summed E-state index contributed by atoms with van der Waals surface area (Å²) in [5.74, 6) is 0.703. The summed E-state index contributed by atoms with van der Waals surface area (Å²) in [4.78, 5) is 2.81. The van der Waals surface area contributed by atoms with E-state index in [1.807, 2.05) is 0 Å². The van der Waals surface area contributed by atoms with Crippen LogP contribution in [0.4, 0.5) is 0 Å². The lowest BCUT2D eigenvalue weighted by Crippen LogP contribution is -2.66. The van der Waals surface area contributed by atoms with Gasteiger partial charge in [-0.3, -0.25) is 4.90 Å². The molecule has 0 spiro atoms. The average Bonchev–Trinajstić information content (AvgIpc) is 2.46. The average molecular weight is 296 g/mol. The fourth-order valence-corrected chi connectivity index (χ4v) is 4.17. The maximum atomic E-state index is 6.19. The van der Waals surface area contributed by atoms with Gasteiger partial charge < -0.3 is 10.1 Å². The van der Waals surface area contributed by atoms with Crippen LogP contribution in [0, 0.1) is 5.92 Å². The van der Waals surface area contributed by atoms with E-state index in [1.54, 1.807) is 0 Å². The third kappa shape index (κ3) is 3.80. The van der Waals surface area contributed by atoms with Crippen molar-refractivity contribution in [2.24, 2.45) is 5.92 Å². The molecule has 0 aromatic rings. The van der Waals surface area contributed by atoms with Gasteiger partial charge in [0.1, 0.15) is 0 Å². The molecule has 0 bridgehead atoms. The zero-order chi connectivity index (χ0) is 15.7. The van der Waals surface area contributed by atoms with Crippen LogP contribution in [0.2, 0.25) is 0 Å². The highest BCUT2D eigenvalue weighted by Crippen LogP contribution is 2.36. The van der Waals surface area contributed by atoms with Gasteiger partial charge >= 0.3 is 0 Å². The SMILES string of the molecule is CCC1(CC)CC(N2CC(C)(C)NCC2C(C)C)CCO1. The molecule has 1 N–H and O–H groups in total. The van der Waals surface area contributed by atoms with E-state index in [4.69, 9.17) is 4.74 Å². The predicted molar refractivity (Wildman–Crippen MR) is 89.7 cm³/mol. The number of rotatable bonds is 4. The normalized spacial score (nSPS) is 33.3. The van der Waals surface area contributed by atoms with Gasteiger partial charge in [-0.1, -0.05) is 27.7 Å². The standard InChI is InChI=1S/C18H36N2O/c1-7-18(8-2)11-15(9-10-21-18)20-13-17(5,6)19-12-16(20)14(3)4/h14-16,19H,7-13H2,1-6H3. The number of ether oxygens (including phenoxy) is 1. The van der Waals surface area contributed by atoms with Crippen molar-refractivity contribution >= 4 is 0 Å². The molecule has 2 aliphatic rings. The Morgan fingerprint density at radius 2 is 1.90 bits per heavy atom. The summed E-state index contributed by atoms with van der Waals surface area (Å²) in [5, 5.41) is 3.73. The van der Waals surface area contributed by atoms with Gasteiger partial charge in [-0.25, -0.2) is 0 Å². The van der Waals surface area contributed by atoms with Crippen molar-refractivity contribution in [2.45, 2.75) is 90.4 Å². The molecule has 3 heteroatoms. The Kier molecular flexibility index (Phi) is 5.38. The predicted octanol–water partition coefficient (Wildman–Crippen LogP) is 3.43. The molecular weight excluding hydrogens is 260 g/mol. The first-order valence-corrected chi connectivity index (χ1v) is 8.97. The fourth-order valence-electron chi connectivity index (χ4n) is 4.17. The van der Waals surface area contributed by atoms with E-state index in [0.717, 1.165) is 32.5 Å². The highest BCUT2D eigenvalue weighted by Gasteiger charge is 2.42. The third-order valence-corrected chi connectivity index (χ3v) is 5.79. The Balaban J connectivity index is 2.15. The molecule has 2 unspecified atom stereocenters. The van der Waals surface area contributed by atoms with Crippen molar-refractivity contribution in [3.63, 3.8) is 0 Å². The molecule has 2 saturated heterocycles. The van der Waals surface area contributed by atoms with E-state index in [2.05, 4.69) is 51.8 Å². The van der Waals surface area contributed by atoms with Gasteiger partial charge in [0.05, 0.1) is 5.60 Å². The summed E-state index contributed by atoms with van der Waals surface area (Å²) in [5.41, 5.74) is 0.351. The topological polar surface area (TPSA) is 24.5 Å². The Hall–Kier alpha value is -0.120. The lowest BCUT2D eigenvalue weighted by molar-refractivity contribution is -0.123. The molecule has 2 aliphatic heterocycles. The maximum Gasteiger partial charge on any atom is 0.0692 e. The van der Waals surface area contributed by atoms with Crippen LogP contribution in [0.15, 0.2) is 0 Å². The van der Waals surface area contributed by atoms with Gasteiger partial charge in [-0.05, 0) is 45.4 Å². The minimum atomic E-state index is 0.124. The summed E-state index contributed by atoms with van der Waals surface area (Å²) in [6.07, 6.45) is 4.68. The molecule has 2 atom stereocenters. The summed E-state index contributed by atoms with van der Waals surface area (Å²) < 4.78 is 6.19. The zero-order valence-electron chi connectivity index (χ0n) is 15.0. The van der Waals surface area contributed by atoms with Gasteiger partial charge in [-0.15, -0.1) is 0 Å². The number of piperazine rings is 1. The van der Waals surface area contributed by atoms with Crippen molar-refractivity contribution in [1.82, 2.24) is 10.2 Å². The molecule has 0 amide bonds. The van der Waals surface area contributed by atoms with Gasteiger partial charge in [0.15, 0.2) is 0 Å². The van der Waals surface area contributed by atoms with Gasteiger partial charge in [0.2, 0.25) is 0 Å². The zero-order valence-corrected chi connectivity index (χ0v) is 15.0. The van der Waals surface area contributed by atoms with E-state index in [0.29, 0.717) is 18.0 Å². The van der Waals surface area contributed by atoms with Crippen molar-refractivity contribution in [1.29, 1.82) is 0 Å². The van der Waals surface area contributed by atoms with Gasteiger partial charge in [-0.2, -0.15) is 0 Å². The summed E-state index contributed by atoms with van der Waals surface area (Å²) in [6, 6.07) is 1.35. The highest BCUT2D eigenvalue weighted by molar-refractivity contribution is 4.99. The Morgan fingerprint density at radius 3 is 2.48 bits per heavy atom. The molecular formula is C18H36N2O. The second kappa shape index (κ2) is 6.55. The Labute approximate surface area is 131 Å². The van der Waals surface area contributed by atoms with Crippen LogP contribution in [-0.2, 0) is 4.74 Å². The maximum absolute atomic E-state index is 6.19. The minimum Gasteiger partial charge on any atom is -0.375 e. The quantitative estimate of drug-likeness (QED) is 0.860. The first-order chi connectivity index (χ1) is 9.82. The van der Waals surface area contributed by atoms with Crippen LogP contribution < -0.4 is 5.32 Å². The van der Waals surface area contributed by atoms with Crippen LogP contribution in [0.25, 0.3) is 0 Å². The highest BCUT2D eigenvalue weighted by atomic mass is 16.5. The molecule has 2 fully saturated rings. The molecule has 0 aromatic carbocycles. The van der Waals surface area contributed by atoms with Crippen molar-refractivity contribution in [3.8, 4) is 0 Å². The van der Waals surface area contributed by atoms with Crippen molar-refractivity contribution in [2.75, 3.05) is 19.7 Å². The van der Waals surface area contributed by atoms with Crippen LogP contribution >= 0.6 is 0 Å². The molecule has 0 saturated carbocycles. The van der Waals surface area contributed by atoms with Crippen LogP contribution in [0.1, 0.15) is 67.2 Å². The Bertz CT molecular complexity index is 336. The second-order valence-corrected chi connectivity index (χ2v) is 8.13. The second-order valence-electron chi connectivity index (χ2n) is 8.13. The molecule has 124 valence electrons. The molecule has 0 aromatic heterocycles. The van der Waals surface area contributed by atoms with Crippen molar-refractivity contribution < 1.29 is 4.74 Å². The number of nitrogens with one attached hydrogen (secondary N) is 1. The Morgan fingerprint density at radius 1 is 1.24 bits per heavy atom. The molecule has 21 heavy (non-hydrogen) atoms. The summed E-state index contributed by atoms with van der Waals surface area (Å²) in [7, 11) is 0. The molecule has 3 nitrogen and oxygen atoms in total. The minimum absolute atomic E-state index is 0.124. The van der Waals surface area contributed by atoms with Crippen LogP contribution in [0.5, 0.6) is 0 Å². The number of hydrogen-bond acceptors (Lipinski definition) is 3. The van der Waals surface area contributed by atoms with Gasteiger partial charge in [0.25, 0.3) is 0 Å².